The van der Waals surface area contributed by atoms with E-state index in [-0.39, 0.29) is 24.1 Å². The summed E-state index contributed by atoms with van der Waals surface area (Å²) in [6, 6.07) is 11.6. The summed E-state index contributed by atoms with van der Waals surface area (Å²) < 4.78 is 26.8. The van der Waals surface area contributed by atoms with Gasteiger partial charge >= 0.3 is 0 Å². The van der Waals surface area contributed by atoms with Crippen molar-refractivity contribution in [1.82, 2.24) is 10.2 Å². The first-order valence-corrected chi connectivity index (χ1v) is 8.84. The van der Waals surface area contributed by atoms with Gasteiger partial charge in [-0.1, -0.05) is 18.2 Å². The highest BCUT2D eigenvalue weighted by Gasteiger charge is 2.23. The molecule has 0 atom stereocenters. The van der Waals surface area contributed by atoms with E-state index in [0.717, 1.165) is 0 Å². The summed E-state index contributed by atoms with van der Waals surface area (Å²) in [4.78, 5) is 26.2. The highest BCUT2D eigenvalue weighted by Crippen LogP contribution is 2.14. The smallest absolute Gasteiger partial charge is 0.254 e. The van der Waals surface area contributed by atoms with Gasteiger partial charge in [-0.15, -0.1) is 0 Å². The van der Waals surface area contributed by atoms with Crippen LogP contribution in [0.3, 0.4) is 0 Å². The Hall–Kier alpha value is -2.80. The fraction of sp³-hybridized carbons (Fsp3) is 0.300. The van der Waals surface area contributed by atoms with E-state index in [4.69, 9.17) is 0 Å². The molecule has 1 fully saturated rings. The van der Waals surface area contributed by atoms with E-state index >= 15 is 0 Å². The summed E-state index contributed by atoms with van der Waals surface area (Å²) in [5, 5.41) is 5.52. The Bertz CT molecular complexity index is 820. The lowest BCUT2D eigenvalue weighted by atomic mass is 10.0. The highest BCUT2D eigenvalue weighted by molar-refractivity contribution is 5.94. The number of rotatable bonds is 5. The zero-order valence-electron chi connectivity index (χ0n) is 14.8. The highest BCUT2D eigenvalue weighted by atomic mass is 19.1. The molecule has 0 bridgehead atoms. The second kappa shape index (κ2) is 8.73. The third kappa shape index (κ3) is 5.34. The zero-order chi connectivity index (χ0) is 19.2. The second-order valence-corrected chi connectivity index (χ2v) is 6.56. The molecule has 2 amide bonds. The normalized spacial score (nSPS) is 15.3. The molecule has 5 nitrogen and oxygen atoms in total. The molecule has 1 aliphatic rings. The van der Waals surface area contributed by atoms with Crippen LogP contribution >= 0.6 is 0 Å². The second-order valence-electron chi connectivity index (χ2n) is 6.56. The SMILES string of the molecule is O=C(CN1CCC(NC(=O)c2ccccc2F)CC1)Nc1cccc(F)c1. The van der Waals surface area contributed by atoms with Gasteiger partial charge in [0.15, 0.2) is 0 Å². The Morgan fingerprint density at radius 3 is 2.48 bits per heavy atom. The quantitative estimate of drug-likeness (QED) is 0.847. The average molecular weight is 373 g/mol. The lowest BCUT2D eigenvalue weighted by Gasteiger charge is -2.31. The van der Waals surface area contributed by atoms with Crippen LogP contribution in [0.4, 0.5) is 14.5 Å². The van der Waals surface area contributed by atoms with Gasteiger partial charge in [0, 0.05) is 24.8 Å². The topological polar surface area (TPSA) is 61.4 Å². The maximum absolute atomic E-state index is 13.7. The predicted molar refractivity (Wildman–Crippen MR) is 98.4 cm³/mol. The number of piperidine rings is 1. The van der Waals surface area contributed by atoms with Gasteiger partial charge in [0.05, 0.1) is 12.1 Å². The Labute approximate surface area is 156 Å². The van der Waals surface area contributed by atoms with E-state index in [1.165, 1.54) is 30.3 Å². The van der Waals surface area contributed by atoms with Gasteiger partial charge in [0.1, 0.15) is 11.6 Å². The molecule has 7 heteroatoms. The van der Waals surface area contributed by atoms with Crippen molar-refractivity contribution in [3.63, 3.8) is 0 Å². The number of carbonyl (C=O) groups excluding carboxylic acids is 2. The van der Waals surface area contributed by atoms with Crippen LogP contribution in [0.15, 0.2) is 48.5 Å². The maximum atomic E-state index is 13.7. The number of halogens is 2. The van der Waals surface area contributed by atoms with Crippen molar-refractivity contribution in [2.75, 3.05) is 25.0 Å². The zero-order valence-corrected chi connectivity index (χ0v) is 14.8. The summed E-state index contributed by atoms with van der Waals surface area (Å²) in [5.41, 5.74) is 0.460. The van der Waals surface area contributed by atoms with Gasteiger partial charge < -0.3 is 10.6 Å². The first-order chi connectivity index (χ1) is 13.0. The van der Waals surface area contributed by atoms with Gasteiger partial charge in [-0.25, -0.2) is 8.78 Å². The minimum Gasteiger partial charge on any atom is -0.349 e. The van der Waals surface area contributed by atoms with Crippen LogP contribution in [0.1, 0.15) is 23.2 Å². The van der Waals surface area contributed by atoms with E-state index in [0.29, 0.717) is 31.6 Å². The van der Waals surface area contributed by atoms with Gasteiger partial charge in [0.25, 0.3) is 5.91 Å². The summed E-state index contributed by atoms with van der Waals surface area (Å²) in [5.74, 6) is -1.58. The fourth-order valence-corrected chi connectivity index (χ4v) is 3.11. The van der Waals surface area contributed by atoms with Crippen molar-refractivity contribution in [1.29, 1.82) is 0 Å². The van der Waals surface area contributed by atoms with Crippen LogP contribution in [0.25, 0.3) is 0 Å². The van der Waals surface area contributed by atoms with Gasteiger partial charge in [0.2, 0.25) is 5.91 Å². The number of benzene rings is 2. The molecule has 142 valence electrons. The number of carbonyl (C=O) groups is 2. The maximum Gasteiger partial charge on any atom is 0.254 e. The van der Waals surface area contributed by atoms with Gasteiger partial charge in [-0.05, 0) is 43.2 Å². The molecule has 0 unspecified atom stereocenters. The van der Waals surface area contributed by atoms with Crippen LogP contribution in [-0.4, -0.2) is 42.4 Å². The van der Waals surface area contributed by atoms with Crippen LogP contribution in [0.2, 0.25) is 0 Å². The van der Waals surface area contributed by atoms with Crippen molar-refractivity contribution < 1.29 is 18.4 Å². The number of nitrogens with zero attached hydrogens (tertiary/aromatic N) is 1. The molecular weight excluding hydrogens is 352 g/mol. The molecule has 27 heavy (non-hydrogen) atoms. The number of likely N-dealkylation sites (tertiary alicyclic amines) is 1. The van der Waals surface area contributed by atoms with E-state index in [1.807, 2.05) is 4.90 Å². The first kappa shape index (κ1) is 19.0. The van der Waals surface area contributed by atoms with E-state index in [1.54, 1.807) is 18.2 Å². The summed E-state index contributed by atoms with van der Waals surface area (Å²) in [7, 11) is 0. The van der Waals surface area contributed by atoms with Gasteiger partial charge in [-0.3, -0.25) is 14.5 Å². The molecule has 0 aliphatic carbocycles. The molecule has 2 aromatic carbocycles. The number of nitrogens with one attached hydrogen (secondary N) is 2. The minimum atomic E-state index is -0.540. The Morgan fingerprint density at radius 2 is 1.78 bits per heavy atom. The molecule has 0 saturated carbocycles. The molecule has 1 saturated heterocycles. The molecule has 1 aliphatic heterocycles. The summed E-state index contributed by atoms with van der Waals surface area (Å²) in [6.45, 7) is 1.47. The van der Waals surface area contributed by atoms with E-state index in [2.05, 4.69) is 10.6 Å². The number of hydrogen-bond acceptors (Lipinski definition) is 3. The van der Waals surface area contributed by atoms with Crippen molar-refractivity contribution in [2.45, 2.75) is 18.9 Å². The Balaban J connectivity index is 1.44. The third-order valence-electron chi connectivity index (χ3n) is 4.52. The standard InChI is InChI=1S/C20H21F2N3O2/c21-14-4-3-5-16(12-14)23-19(26)13-25-10-8-15(9-11-25)24-20(27)17-6-1-2-7-18(17)22/h1-7,12,15H,8-11,13H2,(H,23,26)(H,24,27). The van der Waals surface area contributed by atoms with Crippen molar-refractivity contribution in [2.24, 2.45) is 0 Å². The molecule has 0 aromatic heterocycles. The number of hydrogen-bond donors (Lipinski definition) is 2. The van der Waals surface area contributed by atoms with Crippen LogP contribution < -0.4 is 10.6 Å². The predicted octanol–water partition coefficient (Wildman–Crippen LogP) is 2.80. The van der Waals surface area contributed by atoms with Crippen LogP contribution in [-0.2, 0) is 4.79 Å². The number of anilines is 1. The molecule has 3 rings (SSSR count). The van der Waals surface area contributed by atoms with Gasteiger partial charge in [-0.2, -0.15) is 0 Å². The van der Waals surface area contributed by atoms with Crippen molar-refractivity contribution in [3.8, 4) is 0 Å². The minimum absolute atomic E-state index is 0.0365. The fourth-order valence-electron chi connectivity index (χ4n) is 3.11. The van der Waals surface area contributed by atoms with Crippen LogP contribution in [0.5, 0.6) is 0 Å². The molecular formula is C20H21F2N3O2. The number of amides is 2. The molecule has 0 radical (unpaired) electrons. The third-order valence-corrected chi connectivity index (χ3v) is 4.52. The largest absolute Gasteiger partial charge is 0.349 e. The molecule has 2 aromatic rings. The lowest BCUT2D eigenvalue weighted by molar-refractivity contribution is -0.117. The lowest BCUT2D eigenvalue weighted by Crippen LogP contribution is -2.46. The molecule has 0 spiro atoms. The van der Waals surface area contributed by atoms with Crippen molar-refractivity contribution in [3.05, 3.63) is 65.7 Å². The molecule has 1 heterocycles. The Kier molecular flexibility index (Phi) is 6.13. The Morgan fingerprint density at radius 1 is 1.04 bits per heavy atom. The van der Waals surface area contributed by atoms with E-state index < -0.39 is 17.5 Å². The van der Waals surface area contributed by atoms with E-state index in [9.17, 15) is 18.4 Å². The average Bonchev–Trinajstić information content (AvgIpc) is 2.63. The summed E-state index contributed by atoms with van der Waals surface area (Å²) >= 11 is 0. The molecule has 2 N–H and O–H groups in total. The summed E-state index contributed by atoms with van der Waals surface area (Å²) in [6.07, 6.45) is 1.35. The van der Waals surface area contributed by atoms with Crippen LogP contribution in [0, 0.1) is 11.6 Å². The van der Waals surface area contributed by atoms with Crippen molar-refractivity contribution >= 4 is 17.5 Å². The first-order valence-electron chi connectivity index (χ1n) is 8.84. The monoisotopic (exact) mass is 373 g/mol.